The number of rotatable bonds is 5. The molecule has 2 aromatic rings. The number of amides is 1. The largest absolute Gasteiger partial charge is 0.477 e. The van der Waals surface area contributed by atoms with Crippen LogP contribution < -0.4 is 10.2 Å². The molecule has 138 valence electrons. The van der Waals surface area contributed by atoms with Crippen molar-refractivity contribution in [2.24, 2.45) is 0 Å². The van der Waals surface area contributed by atoms with Crippen molar-refractivity contribution in [3.05, 3.63) is 49.8 Å². The van der Waals surface area contributed by atoms with Gasteiger partial charge in [0, 0.05) is 13.0 Å². The minimum atomic E-state index is -1.07. The predicted molar refractivity (Wildman–Crippen MR) is 102 cm³/mol. The van der Waals surface area contributed by atoms with Crippen LogP contribution in [0.3, 0.4) is 0 Å². The lowest BCUT2D eigenvalue weighted by atomic mass is 10.0. The number of carbonyl (C=O) groups excluding carboxylic acids is 1. The van der Waals surface area contributed by atoms with Crippen molar-refractivity contribution in [1.29, 1.82) is 0 Å². The maximum Gasteiger partial charge on any atom is 0.346 e. The molecule has 1 aliphatic heterocycles. The van der Waals surface area contributed by atoms with E-state index in [2.05, 4.69) is 5.32 Å². The van der Waals surface area contributed by atoms with Crippen molar-refractivity contribution in [3.8, 4) is 0 Å². The Morgan fingerprint density at radius 1 is 1.35 bits per heavy atom. The van der Waals surface area contributed by atoms with E-state index in [-0.39, 0.29) is 23.9 Å². The van der Waals surface area contributed by atoms with Crippen LogP contribution in [0.1, 0.15) is 31.2 Å². The minimum absolute atomic E-state index is 0.128. The Kier molecular flexibility index (Phi) is 5.43. The molecule has 0 saturated heterocycles. The molecule has 3 N–H and O–H groups in total. The van der Waals surface area contributed by atoms with E-state index in [1.54, 1.807) is 19.1 Å². The molecular formula is C17H16Cl2N2O4S. The summed E-state index contributed by atoms with van der Waals surface area (Å²) in [5.41, 5.74) is 1.65. The highest BCUT2D eigenvalue weighted by molar-refractivity contribution is 7.18. The first kappa shape index (κ1) is 19.0. The summed E-state index contributed by atoms with van der Waals surface area (Å²) < 4.78 is 0. The molecule has 0 aliphatic carbocycles. The number of nitrogens with one attached hydrogen (secondary N) is 1. The first-order valence-corrected chi connectivity index (χ1v) is 9.39. The number of β-amino-alcohol motifs (C(OH)–C–C–N with tert-alkyl or cyclic N) is 1. The second-order valence-corrected chi connectivity index (χ2v) is 7.71. The first-order chi connectivity index (χ1) is 12.3. The highest BCUT2D eigenvalue weighted by atomic mass is 35.5. The lowest BCUT2D eigenvalue weighted by molar-refractivity contribution is 0.0701. The average Bonchev–Trinajstić information content (AvgIpc) is 2.93. The quantitative estimate of drug-likeness (QED) is 0.698. The summed E-state index contributed by atoms with van der Waals surface area (Å²) in [5, 5.41) is 23.1. The van der Waals surface area contributed by atoms with Crippen LogP contribution in [0.25, 0.3) is 0 Å². The molecule has 3 rings (SSSR count). The molecule has 1 aromatic heterocycles. The number of hydrogen-bond donors (Lipinski definition) is 3. The second kappa shape index (κ2) is 7.44. The van der Waals surface area contributed by atoms with E-state index in [4.69, 9.17) is 23.2 Å². The standard InChI is InChI=1S/C17H16Cl2N2O4S/c1-8-13-15(23)20-12(7-9-2-3-10(18)11(19)6-9)21(4-5-22)16(13)26-14(8)17(24)25/h2-3,6,12,22H,4-5,7H2,1H3,(H,20,23)(H,24,25). The Morgan fingerprint density at radius 3 is 2.69 bits per heavy atom. The molecule has 0 spiro atoms. The molecule has 0 bridgehead atoms. The van der Waals surface area contributed by atoms with Gasteiger partial charge in [0.15, 0.2) is 0 Å². The normalized spacial score (nSPS) is 16.4. The van der Waals surface area contributed by atoms with Gasteiger partial charge in [0.1, 0.15) is 16.0 Å². The number of aromatic carboxylic acids is 1. The molecule has 9 heteroatoms. The van der Waals surface area contributed by atoms with Crippen LogP contribution in [-0.2, 0) is 6.42 Å². The van der Waals surface area contributed by atoms with E-state index in [9.17, 15) is 19.8 Å². The van der Waals surface area contributed by atoms with Crippen LogP contribution >= 0.6 is 34.5 Å². The van der Waals surface area contributed by atoms with Crippen molar-refractivity contribution in [3.63, 3.8) is 0 Å². The number of fused-ring (bicyclic) bond motifs is 1. The Balaban J connectivity index is 1.99. The Bertz CT molecular complexity index is 884. The van der Waals surface area contributed by atoms with Gasteiger partial charge in [-0.05, 0) is 30.2 Å². The van der Waals surface area contributed by atoms with E-state index in [0.717, 1.165) is 16.9 Å². The topological polar surface area (TPSA) is 89.9 Å². The van der Waals surface area contributed by atoms with E-state index in [1.807, 2.05) is 11.0 Å². The molecule has 1 aliphatic rings. The third-order valence-electron chi connectivity index (χ3n) is 4.24. The summed E-state index contributed by atoms with van der Waals surface area (Å²) in [4.78, 5) is 26.0. The van der Waals surface area contributed by atoms with Crippen LogP contribution in [-0.4, -0.2) is 41.4 Å². The van der Waals surface area contributed by atoms with Crippen LogP contribution in [0.5, 0.6) is 0 Å². The zero-order valence-electron chi connectivity index (χ0n) is 13.8. The number of anilines is 1. The number of carboxylic acids is 1. The zero-order valence-corrected chi connectivity index (χ0v) is 16.1. The lowest BCUT2D eigenvalue weighted by Gasteiger charge is -2.37. The average molecular weight is 415 g/mol. The third-order valence-corrected chi connectivity index (χ3v) is 6.29. The summed E-state index contributed by atoms with van der Waals surface area (Å²) in [6, 6.07) is 5.23. The predicted octanol–water partition coefficient (Wildman–Crippen LogP) is 3.17. The maximum absolute atomic E-state index is 12.6. The summed E-state index contributed by atoms with van der Waals surface area (Å²) >= 11 is 13.1. The van der Waals surface area contributed by atoms with E-state index in [0.29, 0.717) is 32.6 Å². The summed E-state index contributed by atoms with van der Waals surface area (Å²) in [6.07, 6.45) is 0.000565. The molecule has 0 fully saturated rings. The molecule has 0 saturated carbocycles. The third kappa shape index (κ3) is 3.40. The van der Waals surface area contributed by atoms with Gasteiger partial charge in [0.2, 0.25) is 0 Å². The van der Waals surface area contributed by atoms with Gasteiger partial charge in [-0.3, -0.25) is 4.79 Å². The number of benzene rings is 1. The van der Waals surface area contributed by atoms with Crippen LogP contribution in [0.15, 0.2) is 18.2 Å². The smallest absolute Gasteiger partial charge is 0.346 e. The molecular weight excluding hydrogens is 399 g/mol. The fraction of sp³-hybridized carbons (Fsp3) is 0.294. The SMILES string of the molecule is Cc1c(C(=O)O)sc2c1C(=O)NC(Cc1ccc(Cl)c(Cl)c1)N2CCO. The van der Waals surface area contributed by atoms with Crippen LogP contribution in [0.2, 0.25) is 10.0 Å². The molecule has 2 heterocycles. The maximum atomic E-state index is 12.6. The summed E-state index contributed by atoms with van der Waals surface area (Å²) in [6.45, 7) is 1.75. The van der Waals surface area contributed by atoms with Gasteiger partial charge in [-0.25, -0.2) is 4.79 Å². The Hall–Kier alpha value is -1.80. The second-order valence-electron chi connectivity index (χ2n) is 5.90. The van der Waals surface area contributed by atoms with E-state index < -0.39 is 12.1 Å². The van der Waals surface area contributed by atoms with Gasteiger partial charge >= 0.3 is 5.97 Å². The number of carbonyl (C=O) groups is 2. The molecule has 1 aromatic carbocycles. The monoisotopic (exact) mass is 414 g/mol. The number of thiophene rings is 1. The summed E-state index contributed by atoms with van der Waals surface area (Å²) in [5.74, 6) is -1.39. The molecule has 1 unspecified atom stereocenters. The molecule has 1 atom stereocenters. The van der Waals surface area contributed by atoms with Crippen molar-refractivity contribution in [1.82, 2.24) is 5.32 Å². The number of nitrogens with zero attached hydrogens (tertiary/aromatic N) is 1. The number of carboxylic acid groups (broad SMARTS) is 1. The van der Waals surface area contributed by atoms with Crippen molar-refractivity contribution in [2.75, 3.05) is 18.1 Å². The summed E-state index contributed by atoms with van der Waals surface area (Å²) in [7, 11) is 0. The molecule has 0 radical (unpaired) electrons. The number of aliphatic hydroxyl groups excluding tert-OH is 1. The van der Waals surface area contributed by atoms with Gasteiger partial charge in [0.25, 0.3) is 5.91 Å². The fourth-order valence-electron chi connectivity index (χ4n) is 3.03. The zero-order chi connectivity index (χ0) is 19.0. The van der Waals surface area contributed by atoms with Crippen molar-refractivity contribution in [2.45, 2.75) is 19.5 Å². The molecule has 6 nitrogen and oxygen atoms in total. The minimum Gasteiger partial charge on any atom is -0.477 e. The lowest BCUT2D eigenvalue weighted by Crippen LogP contribution is -2.54. The van der Waals surface area contributed by atoms with E-state index in [1.165, 1.54) is 0 Å². The van der Waals surface area contributed by atoms with Gasteiger partial charge < -0.3 is 20.4 Å². The highest BCUT2D eigenvalue weighted by Gasteiger charge is 2.36. The first-order valence-electron chi connectivity index (χ1n) is 7.82. The number of halogens is 2. The van der Waals surface area contributed by atoms with Crippen LogP contribution in [0, 0.1) is 6.92 Å². The van der Waals surface area contributed by atoms with Gasteiger partial charge in [-0.1, -0.05) is 29.3 Å². The Morgan fingerprint density at radius 2 is 2.08 bits per heavy atom. The van der Waals surface area contributed by atoms with Gasteiger partial charge in [-0.2, -0.15) is 0 Å². The highest BCUT2D eigenvalue weighted by Crippen LogP contribution is 2.39. The number of aliphatic hydroxyl groups is 1. The van der Waals surface area contributed by atoms with E-state index >= 15 is 0 Å². The van der Waals surface area contributed by atoms with Crippen molar-refractivity contribution < 1.29 is 19.8 Å². The fourth-order valence-corrected chi connectivity index (χ4v) is 4.57. The molecule has 1 amide bonds. The van der Waals surface area contributed by atoms with Crippen molar-refractivity contribution >= 4 is 51.4 Å². The van der Waals surface area contributed by atoms with Gasteiger partial charge in [0.05, 0.1) is 22.2 Å². The number of hydrogen-bond acceptors (Lipinski definition) is 5. The Labute approximate surface area is 164 Å². The molecule has 26 heavy (non-hydrogen) atoms. The van der Waals surface area contributed by atoms with Crippen LogP contribution in [0.4, 0.5) is 5.00 Å². The van der Waals surface area contributed by atoms with Gasteiger partial charge in [-0.15, -0.1) is 11.3 Å².